The number of esters is 3. The number of amides is 1. The third kappa shape index (κ3) is 7.87. The van der Waals surface area contributed by atoms with Crippen LogP contribution in [0.1, 0.15) is 45.0 Å². The first-order valence-corrected chi connectivity index (χ1v) is 11.8. The molecule has 1 aromatic carbocycles. The second-order valence-corrected chi connectivity index (χ2v) is 10.4. The summed E-state index contributed by atoms with van der Waals surface area (Å²) in [5.74, 6) is -2.80. The number of carbonyl (C=O) groups excluding carboxylic acids is 3. The molecule has 1 aliphatic rings. The van der Waals surface area contributed by atoms with Crippen molar-refractivity contribution in [2.75, 3.05) is 32.1 Å². The van der Waals surface area contributed by atoms with Crippen LogP contribution in [0.2, 0.25) is 0 Å². The second-order valence-electron chi connectivity index (χ2n) is 9.54. The summed E-state index contributed by atoms with van der Waals surface area (Å²) in [4.78, 5) is 49.4. The van der Waals surface area contributed by atoms with Gasteiger partial charge in [-0.1, -0.05) is 12.2 Å². The topological polar surface area (TPSA) is 141 Å². The number of methoxy groups -OCH3 is 1. The van der Waals surface area contributed by atoms with Crippen molar-refractivity contribution in [3.05, 3.63) is 34.3 Å². The van der Waals surface area contributed by atoms with Crippen LogP contribution < -0.4 is 10.1 Å². The van der Waals surface area contributed by atoms with Crippen LogP contribution in [0, 0.1) is 0 Å². The van der Waals surface area contributed by atoms with Crippen LogP contribution in [0.5, 0.6) is 5.75 Å². The van der Waals surface area contributed by atoms with Gasteiger partial charge in [0, 0.05) is 6.54 Å². The van der Waals surface area contributed by atoms with E-state index in [9.17, 15) is 24.3 Å². The lowest BCUT2D eigenvalue weighted by atomic mass is 10.1. The Balaban J connectivity index is 2.20. The van der Waals surface area contributed by atoms with E-state index in [-0.39, 0.29) is 31.0 Å². The number of nitrogens with zero attached hydrogens (tertiary/aromatic N) is 1. The molecule has 1 aromatic rings. The number of hydrogen-bond acceptors (Lipinski definition) is 9. The predicted molar refractivity (Wildman–Crippen MR) is 133 cm³/mol. The summed E-state index contributed by atoms with van der Waals surface area (Å²) >= 11 is 3.37. The van der Waals surface area contributed by atoms with Crippen LogP contribution in [0.25, 0.3) is 0 Å². The van der Waals surface area contributed by atoms with Gasteiger partial charge in [-0.3, -0.25) is 4.90 Å². The Labute approximate surface area is 217 Å². The maximum Gasteiger partial charge on any atom is 0.418 e. The van der Waals surface area contributed by atoms with Gasteiger partial charge in [-0.25, -0.2) is 19.2 Å². The molecule has 0 spiro atoms. The van der Waals surface area contributed by atoms with E-state index in [1.807, 2.05) is 0 Å². The van der Waals surface area contributed by atoms with Crippen molar-refractivity contribution in [3.63, 3.8) is 0 Å². The monoisotopic (exact) mass is 570 g/mol. The van der Waals surface area contributed by atoms with Crippen LogP contribution in [-0.4, -0.2) is 78.1 Å². The van der Waals surface area contributed by atoms with E-state index >= 15 is 0 Å². The van der Waals surface area contributed by atoms with Gasteiger partial charge in [-0.2, -0.15) is 0 Å². The Hall–Kier alpha value is -3.28. The molecule has 1 aliphatic heterocycles. The molecular weight excluding hydrogens is 540 g/mol. The van der Waals surface area contributed by atoms with Gasteiger partial charge in [0.2, 0.25) is 0 Å². The molecule has 1 heterocycles. The average Bonchev–Trinajstić information content (AvgIpc) is 3.24. The molecule has 0 aromatic heterocycles. The van der Waals surface area contributed by atoms with Crippen molar-refractivity contribution in [1.29, 1.82) is 0 Å². The molecule has 0 radical (unpaired) electrons. The molecule has 1 unspecified atom stereocenters. The number of halogens is 1. The van der Waals surface area contributed by atoms with Gasteiger partial charge in [0.05, 0.1) is 29.9 Å². The summed E-state index contributed by atoms with van der Waals surface area (Å²) in [6.07, 6.45) is 2.35. The Morgan fingerprint density at radius 1 is 1.11 bits per heavy atom. The summed E-state index contributed by atoms with van der Waals surface area (Å²) < 4.78 is 21.6. The first-order chi connectivity index (χ1) is 16.6. The largest absolute Gasteiger partial charge is 0.489 e. The zero-order valence-electron chi connectivity index (χ0n) is 21.0. The average molecular weight is 571 g/mol. The predicted octanol–water partition coefficient (Wildman–Crippen LogP) is 3.61. The van der Waals surface area contributed by atoms with Crippen LogP contribution in [-0.2, 0) is 23.8 Å². The molecule has 1 atom stereocenters. The first kappa shape index (κ1) is 29.0. The smallest absolute Gasteiger partial charge is 0.418 e. The Bertz CT molecular complexity index is 1050. The number of nitrogens with one attached hydrogen (secondary N) is 1. The van der Waals surface area contributed by atoms with Gasteiger partial charge in [0.25, 0.3) is 0 Å². The highest BCUT2D eigenvalue weighted by atomic mass is 79.9. The quantitative estimate of drug-likeness (QED) is 0.206. The van der Waals surface area contributed by atoms with E-state index in [1.165, 1.54) is 12.0 Å². The molecular formula is C24H31BrN2O9. The van der Waals surface area contributed by atoms with Crippen LogP contribution in [0.3, 0.4) is 0 Å². The fourth-order valence-corrected chi connectivity index (χ4v) is 3.66. The first-order valence-electron chi connectivity index (χ1n) is 11.0. The number of rotatable bonds is 8. The summed E-state index contributed by atoms with van der Waals surface area (Å²) in [5, 5.41) is 12.4. The van der Waals surface area contributed by atoms with Crippen molar-refractivity contribution in [1.82, 2.24) is 4.90 Å². The lowest BCUT2D eigenvalue weighted by Gasteiger charge is -2.27. The molecule has 2 N–H and O–H groups in total. The minimum absolute atomic E-state index is 0.0186. The number of carboxylic acid groups (broad SMARTS) is 1. The van der Waals surface area contributed by atoms with Gasteiger partial charge < -0.3 is 29.4 Å². The normalized spacial score (nSPS) is 15.3. The second kappa shape index (κ2) is 11.6. The molecule has 11 nitrogen and oxygen atoms in total. The van der Waals surface area contributed by atoms with Crippen LogP contribution >= 0.6 is 15.9 Å². The Kier molecular flexibility index (Phi) is 9.36. The molecule has 2 rings (SSSR count). The number of anilines is 1. The standard InChI is InChI=1S/C24H31BrN2O9/c1-23(2,3)35-20(29)21(30)36-24(4,5)13-26-16-10-9-15(25)18(17(16)19(28)33-6)34-12-14-8-7-11-27(14)22(31)32/h7-10,14,26H,11-13H2,1-6H3,(H,31,32). The lowest BCUT2D eigenvalue weighted by molar-refractivity contribution is -0.181. The minimum Gasteiger partial charge on any atom is -0.489 e. The maximum absolute atomic E-state index is 12.7. The fraction of sp³-hybridized carbons (Fsp3) is 0.500. The van der Waals surface area contributed by atoms with Crippen molar-refractivity contribution in [3.8, 4) is 5.75 Å². The van der Waals surface area contributed by atoms with Gasteiger partial charge in [0.1, 0.15) is 29.1 Å². The van der Waals surface area contributed by atoms with Crippen molar-refractivity contribution >= 4 is 45.6 Å². The molecule has 0 bridgehead atoms. The fourth-order valence-electron chi connectivity index (χ4n) is 3.21. The van der Waals surface area contributed by atoms with E-state index in [2.05, 4.69) is 21.2 Å². The van der Waals surface area contributed by atoms with Crippen molar-refractivity contribution in [2.24, 2.45) is 0 Å². The highest BCUT2D eigenvalue weighted by Crippen LogP contribution is 2.36. The zero-order chi connectivity index (χ0) is 27.3. The van der Waals surface area contributed by atoms with E-state index in [4.69, 9.17) is 18.9 Å². The van der Waals surface area contributed by atoms with E-state index in [1.54, 1.807) is 58.9 Å². The molecule has 0 fully saturated rings. The Morgan fingerprint density at radius 3 is 2.33 bits per heavy atom. The van der Waals surface area contributed by atoms with E-state index < -0.39 is 41.2 Å². The summed E-state index contributed by atoms with van der Waals surface area (Å²) in [6.45, 7) is 8.30. The highest BCUT2D eigenvalue weighted by molar-refractivity contribution is 9.10. The molecule has 0 saturated carbocycles. The minimum atomic E-state index is -1.16. The number of ether oxygens (including phenoxy) is 4. The summed E-state index contributed by atoms with van der Waals surface area (Å²) in [5.41, 5.74) is -1.63. The van der Waals surface area contributed by atoms with E-state index in [0.29, 0.717) is 10.2 Å². The molecule has 198 valence electrons. The molecule has 1 amide bonds. The zero-order valence-corrected chi connectivity index (χ0v) is 22.6. The summed E-state index contributed by atoms with van der Waals surface area (Å²) in [6, 6.07) is 2.72. The highest BCUT2D eigenvalue weighted by Gasteiger charge is 2.32. The summed E-state index contributed by atoms with van der Waals surface area (Å²) in [7, 11) is 1.22. The molecule has 0 aliphatic carbocycles. The third-order valence-corrected chi connectivity index (χ3v) is 5.47. The SMILES string of the molecule is COC(=O)c1c(NCC(C)(C)OC(=O)C(=O)OC(C)(C)C)ccc(Br)c1OCC1C=CCN1C(=O)O. The van der Waals surface area contributed by atoms with Crippen molar-refractivity contribution in [2.45, 2.75) is 51.9 Å². The number of carbonyl (C=O) groups is 4. The van der Waals surface area contributed by atoms with E-state index in [0.717, 1.165) is 0 Å². The lowest BCUT2D eigenvalue weighted by Crippen LogP contribution is -2.40. The molecule has 12 heteroatoms. The molecule has 0 saturated heterocycles. The number of benzene rings is 1. The van der Waals surface area contributed by atoms with Gasteiger partial charge >= 0.3 is 24.0 Å². The van der Waals surface area contributed by atoms with Crippen LogP contribution in [0.15, 0.2) is 28.8 Å². The Morgan fingerprint density at radius 2 is 1.75 bits per heavy atom. The molecule has 36 heavy (non-hydrogen) atoms. The maximum atomic E-state index is 12.7. The van der Waals surface area contributed by atoms with Crippen LogP contribution in [0.4, 0.5) is 10.5 Å². The van der Waals surface area contributed by atoms with Gasteiger partial charge in [-0.15, -0.1) is 0 Å². The number of hydrogen-bond donors (Lipinski definition) is 2. The van der Waals surface area contributed by atoms with Crippen molar-refractivity contribution < 1.29 is 43.2 Å². The third-order valence-electron chi connectivity index (χ3n) is 4.84. The van der Waals surface area contributed by atoms with Gasteiger partial charge in [0.15, 0.2) is 0 Å². The van der Waals surface area contributed by atoms with Gasteiger partial charge in [-0.05, 0) is 62.7 Å².